The lowest BCUT2D eigenvalue weighted by Crippen LogP contribution is -2.53. The monoisotopic (exact) mass is 355 g/mol. The first-order valence-corrected chi connectivity index (χ1v) is 8.57. The standard InChI is InChI=1S/C18H27F2N3O2/c1-4-5-7-12(10-21)22-18(25)16(11(2)3)23-17(24)15-13(19)8-6-9-14(15)20/h6,8-9,11-12,16H,4-5,7,10,21H2,1-3H3,(H,22,25)(H,23,24). The van der Waals surface area contributed by atoms with Gasteiger partial charge in [0.2, 0.25) is 5.91 Å². The second kappa shape index (κ2) is 10.1. The maximum absolute atomic E-state index is 13.7. The van der Waals surface area contributed by atoms with Crippen molar-refractivity contribution in [3.8, 4) is 0 Å². The third-order valence-corrected chi connectivity index (χ3v) is 3.96. The summed E-state index contributed by atoms with van der Waals surface area (Å²) in [6, 6.07) is 2.06. The zero-order chi connectivity index (χ0) is 19.0. The van der Waals surface area contributed by atoms with Crippen molar-refractivity contribution in [1.29, 1.82) is 0 Å². The summed E-state index contributed by atoms with van der Waals surface area (Å²) in [6.45, 7) is 5.80. The Labute approximate surface area is 147 Å². The van der Waals surface area contributed by atoms with Crippen molar-refractivity contribution in [3.05, 3.63) is 35.4 Å². The Kier molecular flexibility index (Phi) is 8.48. The Morgan fingerprint density at radius 2 is 1.76 bits per heavy atom. The Bertz CT molecular complexity index is 573. The van der Waals surface area contributed by atoms with Crippen LogP contribution in [-0.2, 0) is 4.79 Å². The average molecular weight is 355 g/mol. The molecule has 0 saturated carbocycles. The minimum Gasteiger partial charge on any atom is -0.350 e. The molecule has 1 aromatic rings. The number of rotatable bonds is 9. The number of hydrogen-bond acceptors (Lipinski definition) is 3. The maximum Gasteiger partial charge on any atom is 0.257 e. The smallest absolute Gasteiger partial charge is 0.257 e. The van der Waals surface area contributed by atoms with Crippen LogP contribution >= 0.6 is 0 Å². The highest BCUT2D eigenvalue weighted by Gasteiger charge is 2.28. The third kappa shape index (κ3) is 6.08. The largest absolute Gasteiger partial charge is 0.350 e. The van der Waals surface area contributed by atoms with Crippen molar-refractivity contribution < 1.29 is 18.4 Å². The minimum absolute atomic E-state index is 0.198. The fraction of sp³-hybridized carbons (Fsp3) is 0.556. The lowest BCUT2D eigenvalue weighted by molar-refractivity contribution is -0.124. The number of nitrogens with two attached hydrogens (primary N) is 1. The highest BCUT2D eigenvalue weighted by atomic mass is 19.1. The van der Waals surface area contributed by atoms with Gasteiger partial charge in [0, 0.05) is 12.6 Å². The van der Waals surface area contributed by atoms with Gasteiger partial charge in [-0.2, -0.15) is 0 Å². The second-order valence-corrected chi connectivity index (χ2v) is 6.38. The van der Waals surface area contributed by atoms with Crippen LogP contribution in [0, 0.1) is 17.6 Å². The number of carbonyl (C=O) groups is 2. The van der Waals surface area contributed by atoms with Crippen LogP contribution in [0.3, 0.4) is 0 Å². The first-order valence-electron chi connectivity index (χ1n) is 8.57. The maximum atomic E-state index is 13.7. The van der Waals surface area contributed by atoms with Crippen LogP contribution in [0.4, 0.5) is 8.78 Å². The van der Waals surface area contributed by atoms with Gasteiger partial charge >= 0.3 is 0 Å². The number of unbranched alkanes of at least 4 members (excludes halogenated alkanes) is 1. The predicted molar refractivity (Wildman–Crippen MR) is 93.0 cm³/mol. The van der Waals surface area contributed by atoms with Crippen LogP contribution in [-0.4, -0.2) is 30.4 Å². The Balaban J connectivity index is 2.86. The van der Waals surface area contributed by atoms with Crippen molar-refractivity contribution >= 4 is 11.8 Å². The van der Waals surface area contributed by atoms with Gasteiger partial charge in [0.1, 0.15) is 23.2 Å². The molecule has 0 fully saturated rings. The van der Waals surface area contributed by atoms with Gasteiger partial charge in [-0.15, -0.1) is 0 Å². The number of amides is 2. The summed E-state index contributed by atoms with van der Waals surface area (Å²) in [5.74, 6) is -3.57. The van der Waals surface area contributed by atoms with E-state index >= 15 is 0 Å². The van der Waals surface area contributed by atoms with Gasteiger partial charge in [-0.1, -0.05) is 39.7 Å². The van der Waals surface area contributed by atoms with Gasteiger partial charge in [-0.25, -0.2) is 8.78 Å². The van der Waals surface area contributed by atoms with E-state index in [0.717, 1.165) is 31.4 Å². The average Bonchev–Trinajstić information content (AvgIpc) is 2.55. The molecule has 2 atom stereocenters. The molecule has 4 N–H and O–H groups in total. The molecule has 140 valence electrons. The van der Waals surface area contributed by atoms with Gasteiger partial charge in [0.05, 0.1) is 0 Å². The molecule has 5 nitrogen and oxygen atoms in total. The summed E-state index contributed by atoms with van der Waals surface area (Å²) in [6.07, 6.45) is 2.63. The molecular weight excluding hydrogens is 328 g/mol. The zero-order valence-corrected chi connectivity index (χ0v) is 14.9. The molecule has 7 heteroatoms. The summed E-state index contributed by atoms with van der Waals surface area (Å²) < 4.78 is 27.5. The molecular formula is C18H27F2N3O2. The van der Waals surface area contributed by atoms with E-state index in [0.29, 0.717) is 0 Å². The molecule has 0 heterocycles. The van der Waals surface area contributed by atoms with E-state index in [9.17, 15) is 18.4 Å². The van der Waals surface area contributed by atoms with Crippen LogP contribution in [0.15, 0.2) is 18.2 Å². The molecule has 0 spiro atoms. The molecule has 25 heavy (non-hydrogen) atoms. The number of hydrogen-bond donors (Lipinski definition) is 3. The first kappa shape index (κ1) is 21.0. The summed E-state index contributed by atoms with van der Waals surface area (Å²) in [5.41, 5.74) is 4.98. The van der Waals surface area contributed by atoms with E-state index in [2.05, 4.69) is 10.6 Å². The van der Waals surface area contributed by atoms with Gasteiger partial charge < -0.3 is 16.4 Å². The highest BCUT2D eigenvalue weighted by Crippen LogP contribution is 2.13. The van der Waals surface area contributed by atoms with Crippen LogP contribution in [0.1, 0.15) is 50.4 Å². The molecule has 1 rings (SSSR count). The molecule has 2 amide bonds. The molecule has 0 aliphatic rings. The van der Waals surface area contributed by atoms with Gasteiger partial charge in [-0.3, -0.25) is 9.59 Å². The highest BCUT2D eigenvalue weighted by molar-refractivity contribution is 5.98. The van der Waals surface area contributed by atoms with Gasteiger partial charge in [0.25, 0.3) is 5.91 Å². The number of carbonyl (C=O) groups excluding carboxylic acids is 2. The SMILES string of the molecule is CCCCC(CN)NC(=O)C(NC(=O)c1c(F)cccc1F)C(C)C. The number of benzene rings is 1. The summed E-state index contributed by atoms with van der Waals surface area (Å²) in [5, 5.41) is 5.23. The molecule has 0 aromatic heterocycles. The molecule has 0 radical (unpaired) electrons. The van der Waals surface area contributed by atoms with E-state index in [1.807, 2.05) is 6.92 Å². The molecule has 0 aliphatic carbocycles. The molecule has 2 unspecified atom stereocenters. The summed E-state index contributed by atoms with van der Waals surface area (Å²) in [4.78, 5) is 24.7. The summed E-state index contributed by atoms with van der Waals surface area (Å²) in [7, 11) is 0. The number of nitrogens with one attached hydrogen (secondary N) is 2. The molecule has 0 saturated heterocycles. The van der Waals surface area contributed by atoms with Crippen molar-refractivity contribution in [1.82, 2.24) is 10.6 Å². The normalized spacial score (nSPS) is 13.4. The van der Waals surface area contributed by atoms with Crippen molar-refractivity contribution in [3.63, 3.8) is 0 Å². The van der Waals surface area contributed by atoms with E-state index in [1.165, 1.54) is 6.07 Å². The second-order valence-electron chi connectivity index (χ2n) is 6.38. The van der Waals surface area contributed by atoms with E-state index in [-0.39, 0.29) is 18.5 Å². The van der Waals surface area contributed by atoms with Crippen molar-refractivity contribution in [2.45, 2.75) is 52.1 Å². The molecule has 1 aromatic carbocycles. The first-order chi connectivity index (χ1) is 11.8. The number of halogens is 2. The van der Waals surface area contributed by atoms with Gasteiger partial charge in [-0.05, 0) is 24.5 Å². The fourth-order valence-corrected chi connectivity index (χ4v) is 2.45. The molecule has 0 aliphatic heterocycles. The van der Waals surface area contributed by atoms with Crippen LogP contribution in [0.5, 0.6) is 0 Å². The van der Waals surface area contributed by atoms with Gasteiger partial charge in [0.15, 0.2) is 0 Å². The minimum atomic E-state index is -0.969. The topological polar surface area (TPSA) is 84.2 Å². The quantitative estimate of drug-likeness (QED) is 0.636. The van der Waals surface area contributed by atoms with E-state index in [4.69, 9.17) is 5.73 Å². The zero-order valence-electron chi connectivity index (χ0n) is 14.9. The van der Waals surface area contributed by atoms with Crippen LogP contribution in [0.2, 0.25) is 0 Å². The molecule has 0 bridgehead atoms. The third-order valence-electron chi connectivity index (χ3n) is 3.96. The fourth-order valence-electron chi connectivity index (χ4n) is 2.45. The van der Waals surface area contributed by atoms with E-state index < -0.39 is 35.1 Å². The lowest BCUT2D eigenvalue weighted by atomic mass is 10.0. The van der Waals surface area contributed by atoms with Crippen molar-refractivity contribution in [2.75, 3.05) is 6.54 Å². The Morgan fingerprint density at radius 3 is 2.24 bits per heavy atom. The van der Waals surface area contributed by atoms with Crippen LogP contribution in [0.25, 0.3) is 0 Å². The Hall–Kier alpha value is -2.02. The Morgan fingerprint density at radius 1 is 1.16 bits per heavy atom. The van der Waals surface area contributed by atoms with Crippen LogP contribution < -0.4 is 16.4 Å². The predicted octanol–water partition coefficient (Wildman–Crippen LogP) is 2.35. The van der Waals surface area contributed by atoms with E-state index in [1.54, 1.807) is 13.8 Å². The summed E-state index contributed by atoms with van der Waals surface area (Å²) >= 11 is 0. The van der Waals surface area contributed by atoms with Crippen molar-refractivity contribution in [2.24, 2.45) is 11.7 Å². The lowest BCUT2D eigenvalue weighted by Gasteiger charge is -2.25.